The number of allylic oxidation sites excluding steroid dienone is 1. The predicted molar refractivity (Wildman–Crippen MR) is 34.9 cm³/mol. The molecule has 0 unspecified atom stereocenters. The third kappa shape index (κ3) is 1.33. The second-order valence-electron chi connectivity index (χ2n) is 2.33. The fraction of sp³-hybridized carbons (Fsp3) is 0.667. The van der Waals surface area contributed by atoms with Crippen molar-refractivity contribution in [1.29, 1.82) is 0 Å². The van der Waals surface area contributed by atoms with E-state index in [0.29, 0.717) is 12.8 Å². The Morgan fingerprint density at radius 1 is 1.80 bits per heavy atom. The van der Waals surface area contributed by atoms with Crippen molar-refractivity contribution in [2.45, 2.75) is 25.4 Å². The molecular formula is C6H9NO3. The zero-order valence-corrected chi connectivity index (χ0v) is 5.49. The van der Waals surface area contributed by atoms with Crippen molar-refractivity contribution < 1.29 is 10.0 Å². The summed E-state index contributed by atoms with van der Waals surface area (Å²) in [6.07, 6.45) is 2.73. The Kier molecular flexibility index (Phi) is 2.01. The summed E-state index contributed by atoms with van der Waals surface area (Å²) in [5.41, 5.74) is -0.0359. The molecule has 4 heteroatoms. The molecule has 1 atom stereocenters. The molecule has 56 valence electrons. The second-order valence-corrected chi connectivity index (χ2v) is 2.33. The van der Waals surface area contributed by atoms with E-state index in [4.69, 9.17) is 5.11 Å². The summed E-state index contributed by atoms with van der Waals surface area (Å²) in [5.74, 6) is 0. The first-order valence-corrected chi connectivity index (χ1v) is 3.24. The van der Waals surface area contributed by atoms with Crippen molar-refractivity contribution in [2.75, 3.05) is 0 Å². The van der Waals surface area contributed by atoms with Gasteiger partial charge < -0.3 is 5.11 Å². The maximum Gasteiger partial charge on any atom is 0.270 e. The van der Waals surface area contributed by atoms with Gasteiger partial charge in [0.05, 0.1) is 4.92 Å². The lowest BCUT2D eigenvalue weighted by molar-refractivity contribution is -0.437. The van der Waals surface area contributed by atoms with E-state index in [-0.39, 0.29) is 5.70 Å². The van der Waals surface area contributed by atoms with Crippen LogP contribution >= 0.6 is 0 Å². The molecule has 0 radical (unpaired) electrons. The van der Waals surface area contributed by atoms with Gasteiger partial charge >= 0.3 is 0 Å². The monoisotopic (exact) mass is 143 g/mol. The number of nitro groups is 1. The van der Waals surface area contributed by atoms with E-state index in [0.717, 1.165) is 6.42 Å². The van der Waals surface area contributed by atoms with Crippen molar-refractivity contribution in [3.8, 4) is 0 Å². The molecule has 0 spiro atoms. The third-order valence-electron chi connectivity index (χ3n) is 1.59. The van der Waals surface area contributed by atoms with Crippen LogP contribution in [0.1, 0.15) is 19.3 Å². The van der Waals surface area contributed by atoms with E-state index in [1.807, 2.05) is 0 Å². The number of hydrogen-bond donors (Lipinski definition) is 1. The Morgan fingerprint density at radius 2 is 2.50 bits per heavy atom. The molecular weight excluding hydrogens is 134 g/mol. The van der Waals surface area contributed by atoms with E-state index >= 15 is 0 Å². The van der Waals surface area contributed by atoms with Crippen LogP contribution in [0.25, 0.3) is 0 Å². The lowest BCUT2D eigenvalue weighted by Crippen LogP contribution is -2.19. The number of rotatable bonds is 1. The average molecular weight is 143 g/mol. The van der Waals surface area contributed by atoms with Gasteiger partial charge in [-0.15, -0.1) is 0 Å². The zero-order chi connectivity index (χ0) is 7.56. The van der Waals surface area contributed by atoms with Crippen LogP contribution in [0.2, 0.25) is 0 Å². The molecule has 1 aliphatic rings. The Balaban J connectivity index is 2.71. The van der Waals surface area contributed by atoms with Crippen LogP contribution < -0.4 is 0 Å². The zero-order valence-electron chi connectivity index (χ0n) is 5.49. The van der Waals surface area contributed by atoms with E-state index in [2.05, 4.69) is 0 Å². The fourth-order valence-corrected chi connectivity index (χ4v) is 1.04. The summed E-state index contributed by atoms with van der Waals surface area (Å²) in [4.78, 5) is 9.63. The minimum atomic E-state index is -0.844. The molecule has 0 aliphatic heterocycles. The molecule has 0 fully saturated rings. The quantitative estimate of drug-likeness (QED) is 0.434. The Bertz CT molecular complexity index is 176. The average Bonchev–Trinajstić information content (AvgIpc) is 1.88. The van der Waals surface area contributed by atoms with Crippen molar-refractivity contribution in [2.24, 2.45) is 0 Å². The molecule has 1 rings (SSSR count). The van der Waals surface area contributed by atoms with Crippen LogP contribution in [0.15, 0.2) is 11.8 Å². The second kappa shape index (κ2) is 2.79. The van der Waals surface area contributed by atoms with E-state index in [1.165, 1.54) is 6.08 Å². The van der Waals surface area contributed by atoms with Crippen molar-refractivity contribution in [3.63, 3.8) is 0 Å². The van der Waals surface area contributed by atoms with Crippen molar-refractivity contribution >= 4 is 0 Å². The Morgan fingerprint density at radius 3 is 2.90 bits per heavy atom. The standard InChI is InChI=1S/C6H9NO3/c8-6-4-2-1-3-5(6)7(9)10/h3,6,8H,1-2,4H2/t6-/m0/s1. The number of aliphatic hydroxyl groups is 1. The van der Waals surface area contributed by atoms with E-state index < -0.39 is 11.0 Å². The summed E-state index contributed by atoms with van der Waals surface area (Å²) in [6, 6.07) is 0. The maximum atomic E-state index is 10.1. The lowest BCUT2D eigenvalue weighted by atomic mass is 10.0. The topological polar surface area (TPSA) is 63.4 Å². The van der Waals surface area contributed by atoms with Crippen LogP contribution in [0.5, 0.6) is 0 Å². The van der Waals surface area contributed by atoms with Crippen LogP contribution in [0.3, 0.4) is 0 Å². The SMILES string of the molecule is O=[N+]([O-])C1=CCCC[C@@H]1O. The first kappa shape index (κ1) is 7.21. The molecule has 1 aliphatic carbocycles. The van der Waals surface area contributed by atoms with Gasteiger partial charge in [-0.2, -0.15) is 0 Å². The highest BCUT2D eigenvalue weighted by atomic mass is 16.6. The highest BCUT2D eigenvalue weighted by Crippen LogP contribution is 2.17. The molecule has 0 aromatic heterocycles. The Labute approximate surface area is 58.3 Å². The third-order valence-corrected chi connectivity index (χ3v) is 1.59. The van der Waals surface area contributed by atoms with Gasteiger partial charge in [0.15, 0.2) is 0 Å². The van der Waals surface area contributed by atoms with Gasteiger partial charge in [0.25, 0.3) is 5.70 Å². The van der Waals surface area contributed by atoms with Crippen LogP contribution in [-0.2, 0) is 0 Å². The molecule has 10 heavy (non-hydrogen) atoms. The highest BCUT2D eigenvalue weighted by Gasteiger charge is 2.23. The lowest BCUT2D eigenvalue weighted by Gasteiger charge is -2.10. The van der Waals surface area contributed by atoms with Gasteiger partial charge in [-0.3, -0.25) is 10.1 Å². The summed E-state index contributed by atoms with van der Waals surface area (Å²) in [7, 11) is 0. The minimum Gasteiger partial charge on any atom is -0.382 e. The smallest absolute Gasteiger partial charge is 0.270 e. The van der Waals surface area contributed by atoms with Crippen LogP contribution in [0.4, 0.5) is 0 Å². The summed E-state index contributed by atoms with van der Waals surface area (Å²) in [6.45, 7) is 0. The van der Waals surface area contributed by atoms with Gasteiger partial charge in [-0.05, 0) is 25.3 Å². The van der Waals surface area contributed by atoms with Gasteiger partial charge in [-0.1, -0.05) is 0 Å². The molecule has 4 nitrogen and oxygen atoms in total. The molecule has 1 N–H and O–H groups in total. The molecule has 0 saturated heterocycles. The van der Waals surface area contributed by atoms with Gasteiger partial charge in [0.1, 0.15) is 6.10 Å². The first-order chi connectivity index (χ1) is 4.72. The maximum absolute atomic E-state index is 10.1. The number of hydrogen-bond acceptors (Lipinski definition) is 3. The van der Waals surface area contributed by atoms with Gasteiger partial charge in [-0.25, -0.2) is 0 Å². The normalized spacial score (nSPS) is 25.7. The summed E-state index contributed by atoms with van der Waals surface area (Å²) < 4.78 is 0. The molecule has 0 aromatic rings. The summed E-state index contributed by atoms with van der Waals surface area (Å²) in [5, 5.41) is 19.2. The van der Waals surface area contributed by atoms with E-state index in [9.17, 15) is 10.1 Å². The molecule has 0 heterocycles. The van der Waals surface area contributed by atoms with Crippen molar-refractivity contribution in [3.05, 3.63) is 21.9 Å². The largest absolute Gasteiger partial charge is 0.382 e. The van der Waals surface area contributed by atoms with Gasteiger partial charge in [0.2, 0.25) is 0 Å². The fourth-order valence-electron chi connectivity index (χ4n) is 1.04. The number of nitrogens with zero attached hydrogens (tertiary/aromatic N) is 1. The molecule has 0 aromatic carbocycles. The van der Waals surface area contributed by atoms with Crippen LogP contribution in [-0.4, -0.2) is 16.1 Å². The predicted octanol–water partition coefficient (Wildman–Crippen LogP) is 0.692. The van der Waals surface area contributed by atoms with Gasteiger partial charge in [0, 0.05) is 0 Å². The van der Waals surface area contributed by atoms with Crippen molar-refractivity contribution in [1.82, 2.24) is 0 Å². The number of aliphatic hydroxyl groups excluding tert-OH is 1. The summed E-state index contributed by atoms with van der Waals surface area (Å²) >= 11 is 0. The first-order valence-electron chi connectivity index (χ1n) is 3.24. The minimum absolute atomic E-state index is 0.0359. The molecule has 0 bridgehead atoms. The van der Waals surface area contributed by atoms with E-state index in [1.54, 1.807) is 0 Å². The Hall–Kier alpha value is -0.900. The molecule has 0 saturated carbocycles. The molecule has 0 amide bonds. The van der Waals surface area contributed by atoms with Crippen LogP contribution in [0, 0.1) is 10.1 Å². The highest BCUT2D eigenvalue weighted by molar-refractivity contribution is 5.01.